The summed E-state index contributed by atoms with van der Waals surface area (Å²) < 4.78 is 39.2. The number of amides is 1. The molecule has 0 aliphatic carbocycles. The maximum atomic E-state index is 12.6. The largest absolute Gasteiger partial charge is 0.417 e. The van der Waals surface area contributed by atoms with Crippen molar-refractivity contribution < 1.29 is 18.0 Å². The van der Waals surface area contributed by atoms with Crippen LogP contribution in [-0.2, 0) is 6.18 Å². The quantitative estimate of drug-likeness (QED) is 0.750. The summed E-state index contributed by atoms with van der Waals surface area (Å²) in [4.78, 5) is 17.9. The number of alkyl halides is 3. The zero-order chi connectivity index (χ0) is 18.6. The number of nitrogens with zero attached hydrogens (tertiary/aromatic N) is 4. The molecule has 2 heterocycles. The lowest BCUT2D eigenvalue weighted by atomic mass is 10.2. The lowest BCUT2D eigenvalue weighted by molar-refractivity contribution is -0.137. The van der Waals surface area contributed by atoms with E-state index in [2.05, 4.69) is 23.2 Å². The molecule has 0 radical (unpaired) electrons. The van der Waals surface area contributed by atoms with Crippen molar-refractivity contribution >= 4 is 5.91 Å². The Morgan fingerprint density at radius 3 is 2.36 bits per heavy atom. The Hall–Kier alpha value is -2.90. The summed E-state index contributed by atoms with van der Waals surface area (Å²) in [5.41, 5.74) is -0.0266. The smallest absolute Gasteiger partial charge is 0.331 e. The van der Waals surface area contributed by atoms with E-state index in [1.807, 2.05) is 0 Å². The lowest BCUT2D eigenvalue weighted by Crippen LogP contribution is -2.31. The van der Waals surface area contributed by atoms with E-state index < -0.39 is 11.7 Å². The van der Waals surface area contributed by atoms with Crippen molar-refractivity contribution in [3.8, 4) is 5.82 Å². The molecule has 25 heavy (non-hydrogen) atoms. The number of carbonyl (C=O) groups is 1. The predicted molar refractivity (Wildman–Crippen MR) is 87.4 cm³/mol. The number of rotatable bonds is 6. The first-order valence-electron chi connectivity index (χ1n) is 7.39. The molecule has 0 N–H and O–H groups in total. The summed E-state index contributed by atoms with van der Waals surface area (Å²) in [6.07, 6.45) is 0.842. The van der Waals surface area contributed by atoms with E-state index >= 15 is 0 Å². The van der Waals surface area contributed by atoms with Crippen LogP contribution in [0.5, 0.6) is 0 Å². The summed E-state index contributed by atoms with van der Waals surface area (Å²) in [5, 5.41) is 4.08. The van der Waals surface area contributed by atoms with Crippen molar-refractivity contribution in [2.75, 3.05) is 13.1 Å². The highest BCUT2D eigenvalue weighted by atomic mass is 19.4. The summed E-state index contributed by atoms with van der Waals surface area (Å²) in [6, 6.07) is 2.13. The fraction of sp³-hybridized carbons (Fsp3) is 0.235. The molecular formula is C17H17F3N4O. The molecule has 0 unspecified atom stereocenters. The van der Waals surface area contributed by atoms with E-state index in [9.17, 15) is 18.0 Å². The molecule has 2 aromatic rings. The van der Waals surface area contributed by atoms with Gasteiger partial charge in [0.15, 0.2) is 5.82 Å². The maximum absolute atomic E-state index is 12.6. The highest BCUT2D eigenvalue weighted by molar-refractivity contribution is 5.95. The number of halogens is 3. The van der Waals surface area contributed by atoms with E-state index in [0.29, 0.717) is 24.3 Å². The van der Waals surface area contributed by atoms with Gasteiger partial charge in [0.05, 0.1) is 23.0 Å². The molecule has 0 atom stereocenters. The molecule has 132 valence electrons. The van der Waals surface area contributed by atoms with Gasteiger partial charge in [0.1, 0.15) is 0 Å². The first-order chi connectivity index (χ1) is 11.8. The molecule has 0 spiro atoms. The van der Waals surface area contributed by atoms with Gasteiger partial charge in [-0.3, -0.25) is 4.79 Å². The summed E-state index contributed by atoms with van der Waals surface area (Å²) in [6.45, 7) is 9.56. The van der Waals surface area contributed by atoms with Gasteiger partial charge >= 0.3 is 6.18 Å². The van der Waals surface area contributed by atoms with Gasteiger partial charge < -0.3 is 4.90 Å². The van der Waals surface area contributed by atoms with Gasteiger partial charge in [-0.1, -0.05) is 12.2 Å². The van der Waals surface area contributed by atoms with Crippen LogP contribution in [-0.4, -0.2) is 38.7 Å². The fourth-order valence-electron chi connectivity index (χ4n) is 2.25. The third-order valence-corrected chi connectivity index (χ3v) is 3.52. The molecule has 0 aliphatic rings. The summed E-state index contributed by atoms with van der Waals surface area (Å²) >= 11 is 0. The van der Waals surface area contributed by atoms with E-state index in [-0.39, 0.29) is 11.7 Å². The zero-order valence-corrected chi connectivity index (χ0v) is 13.6. The molecular weight excluding hydrogens is 333 g/mol. The molecule has 0 fully saturated rings. The molecule has 0 bridgehead atoms. The second-order valence-corrected chi connectivity index (χ2v) is 5.25. The van der Waals surface area contributed by atoms with Crippen LogP contribution in [0.15, 0.2) is 49.8 Å². The Morgan fingerprint density at radius 1 is 1.24 bits per heavy atom. The highest BCUT2D eigenvalue weighted by Crippen LogP contribution is 2.28. The first kappa shape index (κ1) is 18.4. The van der Waals surface area contributed by atoms with Gasteiger partial charge in [-0.25, -0.2) is 9.67 Å². The third-order valence-electron chi connectivity index (χ3n) is 3.52. The van der Waals surface area contributed by atoms with Crippen molar-refractivity contribution in [1.82, 2.24) is 19.7 Å². The van der Waals surface area contributed by atoms with Gasteiger partial charge in [0, 0.05) is 19.3 Å². The second-order valence-electron chi connectivity index (χ2n) is 5.25. The number of hydrogen-bond acceptors (Lipinski definition) is 3. The number of carbonyl (C=O) groups excluding carboxylic acids is 1. The lowest BCUT2D eigenvalue weighted by Gasteiger charge is -2.18. The average molecular weight is 350 g/mol. The first-order valence-corrected chi connectivity index (χ1v) is 7.39. The molecule has 2 rings (SSSR count). The van der Waals surface area contributed by atoms with E-state index in [4.69, 9.17) is 0 Å². The molecule has 1 amide bonds. The van der Waals surface area contributed by atoms with Crippen LogP contribution in [0.3, 0.4) is 0 Å². The molecule has 5 nitrogen and oxygen atoms in total. The van der Waals surface area contributed by atoms with Crippen molar-refractivity contribution in [3.63, 3.8) is 0 Å². The SMILES string of the molecule is C=CCN(CC=C)C(=O)c1cnn(-c2ccc(C(F)(F)F)cn2)c1C. The Morgan fingerprint density at radius 2 is 1.88 bits per heavy atom. The zero-order valence-electron chi connectivity index (χ0n) is 13.6. The van der Waals surface area contributed by atoms with E-state index in [1.165, 1.54) is 21.8 Å². The van der Waals surface area contributed by atoms with Gasteiger partial charge in [0.2, 0.25) is 0 Å². The van der Waals surface area contributed by atoms with Gasteiger partial charge in [-0.05, 0) is 19.1 Å². The van der Waals surface area contributed by atoms with Gasteiger partial charge in [-0.2, -0.15) is 18.3 Å². The maximum Gasteiger partial charge on any atom is 0.417 e. The summed E-state index contributed by atoms with van der Waals surface area (Å²) in [7, 11) is 0. The Kier molecular flexibility index (Phi) is 5.41. The third kappa shape index (κ3) is 3.96. The molecule has 0 saturated heterocycles. The second kappa shape index (κ2) is 7.33. The van der Waals surface area contributed by atoms with Crippen LogP contribution >= 0.6 is 0 Å². The van der Waals surface area contributed by atoms with Crippen LogP contribution in [0.4, 0.5) is 13.2 Å². The van der Waals surface area contributed by atoms with Gasteiger partial charge in [-0.15, -0.1) is 13.2 Å². The molecule has 0 aliphatic heterocycles. The number of pyridine rings is 1. The monoisotopic (exact) mass is 350 g/mol. The Balaban J connectivity index is 2.33. The number of hydrogen-bond donors (Lipinski definition) is 0. The number of aromatic nitrogens is 3. The molecule has 8 heteroatoms. The van der Waals surface area contributed by atoms with Crippen molar-refractivity contribution in [2.24, 2.45) is 0 Å². The predicted octanol–water partition coefficient (Wildman–Crippen LogP) is 3.41. The minimum Gasteiger partial charge on any atom is -0.331 e. The normalized spacial score (nSPS) is 11.2. The van der Waals surface area contributed by atoms with E-state index in [1.54, 1.807) is 19.1 Å². The van der Waals surface area contributed by atoms with Crippen LogP contribution in [0.25, 0.3) is 5.82 Å². The Labute approximate surface area is 143 Å². The van der Waals surface area contributed by atoms with Gasteiger partial charge in [0.25, 0.3) is 5.91 Å². The highest BCUT2D eigenvalue weighted by Gasteiger charge is 2.31. The van der Waals surface area contributed by atoms with Crippen LogP contribution in [0, 0.1) is 6.92 Å². The van der Waals surface area contributed by atoms with E-state index in [0.717, 1.165) is 12.3 Å². The van der Waals surface area contributed by atoms with Crippen molar-refractivity contribution in [1.29, 1.82) is 0 Å². The topological polar surface area (TPSA) is 51.0 Å². The Bertz CT molecular complexity index is 768. The minimum atomic E-state index is -4.46. The minimum absolute atomic E-state index is 0.198. The molecule has 2 aromatic heterocycles. The van der Waals surface area contributed by atoms with Crippen LogP contribution in [0.2, 0.25) is 0 Å². The van der Waals surface area contributed by atoms with Crippen molar-refractivity contribution in [2.45, 2.75) is 13.1 Å². The van der Waals surface area contributed by atoms with Crippen LogP contribution < -0.4 is 0 Å². The average Bonchev–Trinajstić information content (AvgIpc) is 2.95. The summed E-state index contributed by atoms with van der Waals surface area (Å²) in [5.74, 6) is -0.0704. The molecule has 0 saturated carbocycles. The molecule has 0 aromatic carbocycles. The fourth-order valence-corrected chi connectivity index (χ4v) is 2.25. The van der Waals surface area contributed by atoms with Crippen molar-refractivity contribution in [3.05, 3.63) is 66.7 Å². The van der Waals surface area contributed by atoms with Crippen LogP contribution in [0.1, 0.15) is 21.6 Å². The standard InChI is InChI=1S/C17H17F3N4O/c1-4-8-23(9-5-2)16(25)14-11-22-24(12(14)3)15-7-6-13(10-21-15)17(18,19)20/h4-7,10-11H,1-2,8-9H2,3H3.